The third-order valence-corrected chi connectivity index (χ3v) is 3.36. The SMILES string of the molecule is COc1cccc(CC(CO)Cc2cc(F)cc(F)c2)c1. The van der Waals surface area contributed by atoms with Crippen molar-refractivity contribution in [2.45, 2.75) is 12.8 Å². The normalized spacial score (nSPS) is 12.2. The molecule has 0 spiro atoms. The van der Waals surface area contributed by atoms with Crippen molar-refractivity contribution in [3.63, 3.8) is 0 Å². The zero-order valence-electron chi connectivity index (χ0n) is 11.9. The molecule has 112 valence electrons. The number of halogens is 2. The van der Waals surface area contributed by atoms with E-state index in [4.69, 9.17) is 4.74 Å². The van der Waals surface area contributed by atoms with Crippen LogP contribution in [0.4, 0.5) is 8.78 Å². The monoisotopic (exact) mass is 292 g/mol. The van der Waals surface area contributed by atoms with E-state index in [0.717, 1.165) is 17.4 Å². The van der Waals surface area contributed by atoms with Crippen molar-refractivity contribution < 1.29 is 18.6 Å². The van der Waals surface area contributed by atoms with Gasteiger partial charge in [0.05, 0.1) is 7.11 Å². The molecule has 0 bridgehead atoms. The Balaban J connectivity index is 2.08. The van der Waals surface area contributed by atoms with Crippen LogP contribution in [0.1, 0.15) is 11.1 Å². The lowest BCUT2D eigenvalue weighted by molar-refractivity contribution is 0.224. The average Bonchev–Trinajstić information content (AvgIpc) is 2.45. The van der Waals surface area contributed by atoms with Crippen molar-refractivity contribution in [3.8, 4) is 5.75 Å². The molecule has 2 aromatic rings. The molecule has 0 saturated heterocycles. The van der Waals surface area contributed by atoms with E-state index in [1.54, 1.807) is 7.11 Å². The highest BCUT2D eigenvalue weighted by Crippen LogP contribution is 2.19. The highest BCUT2D eigenvalue weighted by Gasteiger charge is 2.12. The van der Waals surface area contributed by atoms with E-state index in [1.165, 1.54) is 12.1 Å². The first-order chi connectivity index (χ1) is 10.1. The van der Waals surface area contributed by atoms with Gasteiger partial charge >= 0.3 is 0 Å². The lowest BCUT2D eigenvalue weighted by Crippen LogP contribution is -2.13. The Hall–Kier alpha value is -1.94. The largest absolute Gasteiger partial charge is 0.497 e. The number of ether oxygens (including phenoxy) is 1. The molecule has 2 rings (SSSR count). The fourth-order valence-electron chi connectivity index (χ4n) is 2.40. The highest BCUT2D eigenvalue weighted by molar-refractivity contribution is 5.29. The quantitative estimate of drug-likeness (QED) is 0.884. The summed E-state index contributed by atoms with van der Waals surface area (Å²) in [6.07, 6.45) is 1.04. The van der Waals surface area contributed by atoms with Gasteiger partial charge in [0.1, 0.15) is 17.4 Å². The maximum absolute atomic E-state index is 13.2. The molecule has 2 nitrogen and oxygen atoms in total. The van der Waals surface area contributed by atoms with Crippen molar-refractivity contribution in [1.29, 1.82) is 0 Å². The van der Waals surface area contributed by atoms with Crippen LogP contribution in [0.2, 0.25) is 0 Å². The van der Waals surface area contributed by atoms with E-state index in [9.17, 15) is 13.9 Å². The van der Waals surface area contributed by atoms with E-state index in [0.29, 0.717) is 18.4 Å². The van der Waals surface area contributed by atoms with Crippen LogP contribution in [-0.4, -0.2) is 18.8 Å². The standard InChI is InChI=1S/C17H18F2O2/c1-21-17-4-2-3-12(9-17)5-14(11-20)6-13-7-15(18)10-16(19)8-13/h2-4,7-10,14,20H,5-6,11H2,1H3. The fourth-order valence-corrected chi connectivity index (χ4v) is 2.40. The van der Waals surface area contributed by atoms with Crippen LogP contribution in [-0.2, 0) is 12.8 Å². The number of rotatable bonds is 6. The molecule has 0 aliphatic rings. The summed E-state index contributed by atoms with van der Waals surface area (Å²) in [7, 11) is 1.60. The molecular formula is C17H18F2O2. The van der Waals surface area contributed by atoms with Crippen molar-refractivity contribution in [1.82, 2.24) is 0 Å². The second-order valence-corrected chi connectivity index (χ2v) is 5.09. The summed E-state index contributed by atoms with van der Waals surface area (Å²) >= 11 is 0. The molecule has 0 aliphatic carbocycles. The molecule has 0 heterocycles. The smallest absolute Gasteiger partial charge is 0.126 e. The first-order valence-corrected chi connectivity index (χ1v) is 6.79. The number of benzene rings is 2. The minimum atomic E-state index is -0.594. The second-order valence-electron chi connectivity index (χ2n) is 5.09. The summed E-state index contributed by atoms with van der Waals surface area (Å²) in [5, 5.41) is 9.50. The first kappa shape index (κ1) is 15.4. The molecule has 21 heavy (non-hydrogen) atoms. The lowest BCUT2D eigenvalue weighted by atomic mass is 9.93. The van der Waals surface area contributed by atoms with Crippen LogP contribution in [0.3, 0.4) is 0 Å². The predicted octanol–water partition coefficient (Wildman–Crippen LogP) is 3.37. The molecule has 0 aliphatic heterocycles. The molecule has 1 unspecified atom stereocenters. The molecule has 2 aromatic carbocycles. The Kier molecular flexibility index (Phi) is 5.28. The molecular weight excluding hydrogens is 274 g/mol. The molecule has 0 radical (unpaired) electrons. The number of hydrogen-bond acceptors (Lipinski definition) is 2. The van der Waals surface area contributed by atoms with E-state index in [2.05, 4.69) is 0 Å². The van der Waals surface area contributed by atoms with Gasteiger partial charge in [-0.05, 0) is 54.2 Å². The molecule has 0 saturated carbocycles. The van der Waals surface area contributed by atoms with Crippen molar-refractivity contribution >= 4 is 0 Å². The van der Waals surface area contributed by atoms with Gasteiger partial charge in [0.15, 0.2) is 0 Å². The topological polar surface area (TPSA) is 29.5 Å². The van der Waals surface area contributed by atoms with E-state index >= 15 is 0 Å². The zero-order valence-corrected chi connectivity index (χ0v) is 11.9. The van der Waals surface area contributed by atoms with Crippen LogP contribution in [0, 0.1) is 17.6 Å². The van der Waals surface area contributed by atoms with Crippen molar-refractivity contribution in [3.05, 3.63) is 65.2 Å². The summed E-state index contributed by atoms with van der Waals surface area (Å²) in [6.45, 7) is -0.0463. The van der Waals surface area contributed by atoms with Crippen LogP contribution >= 0.6 is 0 Å². The molecule has 0 fully saturated rings. The zero-order chi connectivity index (χ0) is 15.2. The van der Waals surface area contributed by atoms with Crippen LogP contribution < -0.4 is 4.74 Å². The Morgan fingerprint density at radius 1 is 1.00 bits per heavy atom. The minimum Gasteiger partial charge on any atom is -0.497 e. The molecule has 1 atom stereocenters. The van der Waals surface area contributed by atoms with Gasteiger partial charge in [-0.3, -0.25) is 0 Å². The minimum absolute atomic E-state index is 0.0463. The Morgan fingerprint density at radius 3 is 2.29 bits per heavy atom. The van der Waals surface area contributed by atoms with Gasteiger partial charge in [-0.15, -0.1) is 0 Å². The van der Waals surface area contributed by atoms with Crippen LogP contribution in [0.25, 0.3) is 0 Å². The number of methoxy groups -OCH3 is 1. The second kappa shape index (κ2) is 7.18. The fraction of sp³-hybridized carbons (Fsp3) is 0.294. The lowest BCUT2D eigenvalue weighted by Gasteiger charge is -2.15. The average molecular weight is 292 g/mol. The Bertz CT molecular complexity index is 579. The summed E-state index contributed by atoms with van der Waals surface area (Å²) in [6, 6.07) is 11.0. The van der Waals surface area contributed by atoms with Crippen LogP contribution in [0.5, 0.6) is 5.75 Å². The van der Waals surface area contributed by atoms with E-state index in [-0.39, 0.29) is 12.5 Å². The maximum Gasteiger partial charge on any atom is 0.126 e. The number of aliphatic hydroxyl groups is 1. The van der Waals surface area contributed by atoms with Gasteiger partial charge < -0.3 is 9.84 Å². The first-order valence-electron chi connectivity index (χ1n) is 6.79. The molecule has 4 heteroatoms. The summed E-state index contributed by atoms with van der Waals surface area (Å²) in [5.41, 5.74) is 1.57. The third-order valence-electron chi connectivity index (χ3n) is 3.36. The van der Waals surface area contributed by atoms with Gasteiger partial charge in [0, 0.05) is 12.7 Å². The van der Waals surface area contributed by atoms with Crippen molar-refractivity contribution in [2.24, 2.45) is 5.92 Å². The van der Waals surface area contributed by atoms with Gasteiger partial charge in [0.25, 0.3) is 0 Å². The highest BCUT2D eigenvalue weighted by atomic mass is 19.1. The Morgan fingerprint density at radius 2 is 1.67 bits per heavy atom. The van der Waals surface area contributed by atoms with E-state index in [1.807, 2.05) is 24.3 Å². The molecule has 1 N–H and O–H groups in total. The predicted molar refractivity (Wildman–Crippen MR) is 77.3 cm³/mol. The molecule has 0 amide bonds. The summed E-state index contributed by atoms with van der Waals surface area (Å²) in [4.78, 5) is 0. The van der Waals surface area contributed by atoms with Gasteiger partial charge in [-0.25, -0.2) is 8.78 Å². The van der Waals surface area contributed by atoms with Gasteiger partial charge in [-0.1, -0.05) is 12.1 Å². The summed E-state index contributed by atoms with van der Waals surface area (Å²) < 4.78 is 31.5. The third kappa shape index (κ3) is 4.53. The molecule has 0 aromatic heterocycles. The van der Waals surface area contributed by atoms with Crippen LogP contribution in [0.15, 0.2) is 42.5 Å². The van der Waals surface area contributed by atoms with Gasteiger partial charge in [0.2, 0.25) is 0 Å². The Labute approximate surface area is 123 Å². The van der Waals surface area contributed by atoms with E-state index < -0.39 is 11.6 Å². The number of aliphatic hydroxyl groups excluding tert-OH is 1. The van der Waals surface area contributed by atoms with Crippen molar-refractivity contribution in [2.75, 3.05) is 13.7 Å². The van der Waals surface area contributed by atoms with Gasteiger partial charge in [-0.2, -0.15) is 0 Å². The summed E-state index contributed by atoms with van der Waals surface area (Å²) in [5.74, 6) is -0.537. The number of hydrogen-bond donors (Lipinski definition) is 1. The maximum atomic E-state index is 13.2.